The molecule has 1 aliphatic heterocycles. The molecule has 1 rings (SSSR count). The van der Waals surface area contributed by atoms with Crippen LogP contribution in [0.1, 0.15) is 53.4 Å². The standard InChI is InChI=1S/C16H33N3O2/c1-5-9-18-16(4,15(17)20)8-6-7-10-19-11-14(3)21-12-13(19)2/h13-14,18H,5-12H2,1-4H3,(H2,17,20). The topological polar surface area (TPSA) is 67.6 Å². The number of carbonyl (C=O) groups is 1. The maximum Gasteiger partial charge on any atom is 0.237 e. The second-order valence-corrected chi connectivity index (χ2v) is 6.57. The van der Waals surface area contributed by atoms with E-state index < -0.39 is 5.54 Å². The number of primary amides is 1. The molecule has 1 saturated heterocycles. The summed E-state index contributed by atoms with van der Waals surface area (Å²) in [5.41, 5.74) is 4.98. The summed E-state index contributed by atoms with van der Waals surface area (Å²) in [6.07, 6.45) is 4.23. The first kappa shape index (κ1) is 18.4. The summed E-state index contributed by atoms with van der Waals surface area (Å²) in [7, 11) is 0. The van der Waals surface area contributed by atoms with Crippen LogP contribution < -0.4 is 11.1 Å². The summed E-state index contributed by atoms with van der Waals surface area (Å²) in [5, 5.41) is 3.29. The van der Waals surface area contributed by atoms with E-state index in [1.54, 1.807) is 0 Å². The number of hydrogen-bond acceptors (Lipinski definition) is 4. The quantitative estimate of drug-likeness (QED) is 0.633. The number of ether oxygens (including phenoxy) is 1. The minimum absolute atomic E-state index is 0.246. The van der Waals surface area contributed by atoms with Crippen molar-refractivity contribution >= 4 is 5.91 Å². The Balaban J connectivity index is 2.32. The van der Waals surface area contributed by atoms with Gasteiger partial charge < -0.3 is 15.8 Å². The largest absolute Gasteiger partial charge is 0.376 e. The Morgan fingerprint density at radius 2 is 2.14 bits per heavy atom. The molecule has 1 amide bonds. The van der Waals surface area contributed by atoms with Gasteiger partial charge in [-0.15, -0.1) is 0 Å². The zero-order valence-electron chi connectivity index (χ0n) is 14.2. The minimum atomic E-state index is -0.570. The number of unbranched alkanes of at least 4 members (excludes halogenated alkanes) is 1. The Bertz CT molecular complexity index is 325. The van der Waals surface area contributed by atoms with Crippen molar-refractivity contribution in [3.05, 3.63) is 0 Å². The summed E-state index contributed by atoms with van der Waals surface area (Å²) in [6.45, 7) is 12.1. The van der Waals surface area contributed by atoms with Crippen molar-refractivity contribution in [2.24, 2.45) is 5.73 Å². The second-order valence-electron chi connectivity index (χ2n) is 6.57. The van der Waals surface area contributed by atoms with Gasteiger partial charge in [-0.25, -0.2) is 0 Å². The molecule has 3 unspecified atom stereocenters. The normalized spacial score (nSPS) is 26.5. The zero-order valence-corrected chi connectivity index (χ0v) is 14.2. The predicted octanol–water partition coefficient (Wildman–Crippen LogP) is 1.51. The Morgan fingerprint density at radius 1 is 1.43 bits per heavy atom. The molecule has 0 aliphatic carbocycles. The SMILES string of the molecule is CCCNC(C)(CCCCN1CC(C)OCC1C)C(N)=O. The van der Waals surface area contributed by atoms with Crippen LogP contribution in [0.5, 0.6) is 0 Å². The highest BCUT2D eigenvalue weighted by Gasteiger charge is 2.29. The van der Waals surface area contributed by atoms with Crippen LogP contribution in [0.15, 0.2) is 0 Å². The average molecular weight is 299 g/mol. The summed E-state index contributed by atoms with van der Waals surface area (Å²) in [5.74, 6) is -0.246. The highest BCUT2D eigenvalue weighted by molar-refractivity contribution is 5.84. The molecule has 3 N–H and O–H groups in total. The van der Waals surface area contributed by atoms with Gasteiger partial charge in [0.25, 0.3) is 0 Å². The Morgan fingerprint density at radius 3 is 2.76 bits per heavy atom. The van der Waals surface area contributed by atoms with Gasteiger partial charge >= 0.3 is 0 Å². The van der Waals surface area contributed by atoms with E-state index >= 15 is 0 Å². The maximum atomic E-state index is 11.7. The van der Waals surface area contributed by atoms with Crippen LogP contribution in [0, 0.1) is 0 Å². The van der Waals surface area contributed by atoms with E-state index in [1.807, 2.05) is 6.92 Å². The van der Waals surface area contributed by atoms with E-state index in [0.29, 0.717) is 12.1 Å². The van der Waals surface area contributed by atoms with Gasteiger partial charge in [0.15, 0.2) is 0 Å². The Kier molecular flexibility index (Phi) is 7.63. The molecule has 0 saturated carbocycles. The summed E-state index contributed by atoms with van der Waals surface area (Å²) >= 11 is 0. The van der Waals surface area contributed by atoms with Crippen molar-refractivity contribution in [1.29, 1.82) is 0 Å². The molecule has 0 spiro atoms. The lowest BCUT2D eigenvalue weighted by atomic mass is 9.93. The average Bonchev–Trinajstić information content (AvgIpc) is 2.44. The van der Waals surface area contributed by atoms with Crippen molar-refractivity contribution in [3.8, 4) is 0 Å². The molecular weight excluding hydrogens is 266 g/mol. The van der Waals surface area contributed by atoms with Gasteiger partial charge in [-0.05, 0) is 59.5 Å². The van der Waals surface area contributed by atoms with Crippen molar-refractivity contribution < 1.29 is 9.53 Å². The first-order valence-electron chi connectivity index (χ1n) is 8.29. The molecular formula is C16H33N3O2. The van der Waals surface area contributed by atoms with Crippen molar-refractivity contribution in [2.45, 2.75) is 71.1 Å². The van der Waals surface area contributed by atoms with Gasteiger partial charge in [-0.3, -0.25) is 9.69 Å². The minimum Gasteiger partial charge on any atom is -0.376 e. The summed E-state index contributed by atoms with van der Waals surface area (Å²) in [4.78, 5) is 14.1. The van der Waals surface area contributed by atoms with Crippen LogP contribution in [0.4, 0.5) is 0 Å². The second kappa shape index (κ2) is 8.71. The van der Waals surface area contributed by atoms with Crippen molar-refractivity contribution in [3.63, 3.8) is 0 Å². The number of morpholine rings is 1. The first-order valence-corrected chi connectivity index (χ1v) is 8.29. The molecule has 1 heterocycles. The Hall–Kier alpha value is -0.650. The monoisotopic (exact) mass is 299 g/mol. The predicted molar refractivity (Wildman–Crippen MR) is 86.2 cm³/mol. The Labute approximate surface area is 129 Å². The molecule has 0 radical (unpaired) electrons. The third-order valence-electron chi connectivity index (χ3n) is 4.42. The maximum absolute atomic E-state index is 11.7. The number of hydrogen-bond donors (Lipinski definition) is 2. The third kappa shape index (κ3) is 5.93. The lowest BCUT2D eigenvalue weighted by Crippen LogP contribution is -2.53. The molecule has 5 nitrogen and oxygen atoms in total. The highest BCUT2D eigenvalue weighted by atomic mass is 16.5. The van der Waals surface area contributed by atoms with Crippen molar-refractivity contribution in [1.82, 2.24) is 10.2 Å². The van der Waals surface area contributed by atoms with Gasteiger partial charge in [-0.2, -0.15) is 0 Å². The molecule has 124 valence electrons. The number of nitrogens with one attached hydrogen (secondary N) is 1. The van der Waals surface area contributed by atoms with Gasteiger partial charge in [0.2, 0.25) is 5.91 Å². The molecule has 1 aliphatic rings. The van der Waals surface area contributed by atoms with E-state index in [4.69, 9.17) is 10.5 Å². The van der Waals surface area contributed by atoms with Crippen LogP contribution in [0.3, 0.4) is 0 Å². The molecule has 0 aromatic rings. The van der Waals surface area contributed by atoms with Crippen LogP contribution >= 0.6 is 0 Å². The summed E-state index contributed by atoms with van der Waals surface area (Å²) in [6, 6.07) is 0.488. The van der Waals surface area contributed by atoms with Crippen LogP contribution in [0.2, 0.25) is 0 Å². The lowest BCUT2D eigenvalue weighted by molar-refractivity contribution is -0.124. The molecule has 1 fully saturated rings. The van der Waals surface area contributed by atoms with Gasteiger partial charge in [-0.1, -0.05) is 6.92 Å². The lowest BCUT2D eigenvalue weighted by Gasteiger charge is -2.37. The fourth-order valence-corrected chi connectivity index (χ4v) is 2.78. The highest BCUT2D eigenvalue weighted by Crippen LogP contribution is 2.16. The van der Waals surface area contributed by atoms with Gasteiger partial charge in [0.05, 0.1) is 18.2 Å². The number of nitrogens with zero attached hydrogens (tertiary/aromatic N) is 1. The first-order chi connectivity index (χ1) is 9.89. The molecule has 3 atom stereocenters. The molecule has 0 aromatic heterocycles. The third-order valence-corrected chi connectivity index (χ3v) is 4.42. The molecule has 0 bridgehead atoms. The summed E-state index contributed by atoms with van der Waals surface area (Å²) < 4.78 is 5.64. The molecule has 0 aromatic carbocycles. The fourth-order valence-electron chi connectivity index (χ4n) is 2.78. The number of rotatable bonds is 9. The number of amides is 1. The number of carbonyl (C=O) groups excluding carboxylic acids is 1. The molecule has 21 heavy (non-hydrogen) atoms. The smallest absolute Gasteiger partial charge is 0.237 e. The van der Waals surface area contributed by atoms with E-state index in [0.717, 1.165) is 51.9 Å². The van der Waals surface area contributed by atoms with E-state index in [2.05, 4.69) is 31.0 Å². The fraction of sp³-hybridized carbons (Fsp3) is 0.938. The molecule has 5 heteroatoms. The van der Waals surface area contributed by atoms with Gasteiger partial charge in [0, 0.05) is 12.6 Å². The van der Waals surface area contributed by atoms with Crippen molar-refractivity contribution in [2.75, 3.05) is 26.2 Å². The van der Waals surface area contributed by atoms with E-state index in [9.17, 15) is 4.79 Å². The van der Waals surface area contributed by atoms with E-state index in [-0.39, 0.29) is 5.91 Å². The zero-order chi connectivity index (χ0) is 15.9. The number of nitrogens with two attached hydrogens (primary N) is 1. The van der Waals surface area contributed by atoms with E-state index in [1.165, 1.54) is 0 Å². The van der Waals surface area contributed by atoms with Crippen LogP contribution in [0.25, 0.3) is 0 Å². The van der Waals surface area contributed by atoms with Crippen LogP contribution in [-0.4, -0.2) is 54.7 Å². The van der Waals surface area contributed by atoms with Crippen LogP contribution in [-0.2, 0) is 9.53 Å². The van der Waals surface area contributed by atoms with Gasteiger partial charge in [0.1, 0.15) is 0 Å².